The molecule has 0 radical (unpaired) electrons. The van der Waals surface area contributed by atoms with E-state index in [2.05, 4.69) is 20.4 Å². The third-order valence-corrected chi connectivity index (χ3v) is 6.80. The number of halogens is 1. The number of pyridine rings is 1. The molecule has 1 aliphatic rings. The molecule has 1 amide bonds. The Kier molecular flexibility index (Phi) is 6.32. The molecule has 1 aromatic carbocycles. The van der Waals surface area contributed by atoms with Crippen molar-refractivity contribution in [1.29, 1.82) is 0 Å². The zero-order valence-corrected chi connectivity index (χ0v) is 20.6. The number of rotatable bonds is 2. The lowest BCUT2D eigenvalue weighted by Crippen LogP contribution is -2.27. The lowest BCUT2D eigenvalue weighted by Gasteiger charge is -2.22. The average molecular weight is 505 g/mol. The number of aryl methyl sites for hydroxylation is 1. The molecule has 2 bridgehead atoms. The van der Waals surface area contributed by atoms with Gasteiger partial charge < -0.3 is 10.4 Å². The number of fused-ring (bicyclic) bond motifs is 4. The molecule has 2 atom stereocenters. The monoisotopic (exact) mass is 504 g/mol. The van der Waals surface area contributed by atoms with Crippen LogP contribution in [0, 0.1) is 5.92 Å². The molecular weight excluding hydrogens is 480 g/mol. The van der Waals surface area contributed by atoms with Gasteiger partial charge in [-0.1, -0.05) is 24.9 Å². The van der Waals surface area contributed by atoms with E-state index in [0.717, 1.165) is 11.3 Å². The van der Waals surface area contributed by atoms with E-state index < -0.39 is 6.04 Å². The number of carbonyl (C=O) groups is 1. The Morgan fingerprint density at radius 2 is 1.94 bits per heavy atom. The zero-order valence-electron chi connectivity index (χ0n) is 19.8. The van der Waals surface area contributed by atoms with E-state index >= 15 is 0 Å². The smallest absolute Gasteiger partial charge is 0.254 e. The molecule has 0 fully saturated rings. The second kappa shape index (κ2) is 9.58. The van der Waals surface area contributed by atoms with Gasteiger partial charge in [0.15, 0.2) is 0 Å². The second-order valence-electron chi connectivity index (χ2n) is 9.02. The van der Waals surface area contributed by atoms with Crippen molar-refractivity contribution in [2.75, 3.05) is 5.32 Å². The van der Waals surface area contributed by atoms with Crippen LogP contribution in [0.2, 0.25) is 5.02 Å². The van der Waals surface area contributed by atoms with Gasteiger partial charge in [0.25, 0.3) is 5.56 Å². The number of nitrogens with zero attached hydrogens (tertiary/aromatic N) is 5. The minimum absolute atomic E-state index is 0.0105. The van der Waals surface area contributed by atoms with Crippen LogP contribution in [0.3, 0.4) is 0 Å². The van der Waals surface area contributed by atoms with Gasteiger partial charge in [-0.25, -0.2) is 4.98 Å². The summed E-state index contributed by atoms with van der Waals surface area (Å²) in [7, 11) is 1.82. The molecule has 0 aliphatic carbocycles. The molecule has 36 heavy (non-hydrogen) atoms. The number of aromatic nitrogens is 5. The minimum atomic E-state index is -0.390. The van der Waals surface area contributed by atoms with Crippen molar-refractivity contribution in [2.24, 2.45) is 13.0 Å². The van der Waals surface area contributed by atoms with Crippen molar-refractivity contribution in [2.45, 2.75) is 32.2 Å². The van der Waals surface area contributed by atoms with E-state index in [4.69, 9.17) is 11.6 Å². The van der Waals surface area contributed by atoms with Gasteiger partial charge in [0.05, 0.1) is 41.3 Å². The molecular formula is C26H25ClN6O3. The standard InChI is InChI=1S/C26H25ClN6O3/c1-15-4-3-5-22(33-14-29-19(12-24(33)35)18-11-17(27)6-7-23(18)34)20-10-16(8-9-28-20)25-21(31-26(15)36)13-30-32(25)2/h6-15,22,34H,3-5H2,1-2H3,(H,31,36). The van der Waals surface area contributed by atoms with Crippen LogP contribution in [-0.2, 0) is 11.8 Å². The fraction of sp³-hybridized carbons (Fsp3) is 0.269. The Labute approximate surface area is 212 Å². The molecule has 2 N–H and O–H groups in total. The average Bonchev–Trinajstić information content (AvgIpc) is 3.22. The summed E-state index contributed by atoms with van der Waals surface area (Å²) in [6.45, 7) is 1.89. The van der Waals surface area contributed by atoms with E-state index in [1.54, 1.807) is 33.8 Å². The molecule has 4 aromatic rings. The molecule has 0 saturated heterocycles. The van der Waals surface area contributed by atoms with Gasteiger partial charge in [0, 0.05) is 41.4 Å². The number of carbonyl (C=O) groups excluding carboxylic acids is 1. The molecule has 3 aromatic heterocycles. The van der Waals surface area contributed by atoms with Crippen LogP contribution in [0.1, 0.15) is 37.9 Å². The van der Waals surface area contributed by atoms with E-state index in [0.29, 0.717) is 46.9 Å². The van der Waals surface area contributed by atoms with Crippen molar-refractivity contribution < 1.29 is 9.90 Å². The Balaban J connectivity index is 1.60. The summed E-state index contributed by atoms with van der Waals surface area (Å²) in [6, 6.07) is 9.39. The van der Waals surface area contributed by atoms with E-state index in [9.17, 15) is 14.7 Å². The van der Waals surface area contributed by atoms with Crippen molar-refractivity contribution in [3.63, 3.8) is 0 Å². The van der Waals surface area contributed by atoms with Crippen LogP contribution in [0.25, 0.3) is 22.5 Å². The Morgan fingerprint density at radius 1 is 1.11 bits per heavy atom. The number of anilines is 1. The highest BCUT2D eigenvalue weighted by atomic mass is 35.5. The SMILES string of the molecule is CC1CCCC(n2cnc(-c3cc(Cl)ccc3O)cc2=O)c2cc(ccn2)-c2c(cnn2C)NC1=O. The van der Waals surface area contributed by atoms with Gasteiger partial charge in [-0.3, -0.25) is 23.8 Å². The molecule has 4 heterocycles. The predicted octanol–water partition coefficient (Wildman–Crippen LogP) is 4.41. The normalized spacial score (nSPS) is 18.0. The van der Waals surface area contributed by atoms with E-state index in [1.807, 2.05) is 26.1 Å². The quantitative estimate of drug-likeness (QED) is 0.418. The highest BCUT2D eigenvalue weighted by Crippen LogP contribution is 2.33. The maximum atomic E-state index is 13.3. The number of aromatic hydroxyl groups is 1. The van der Waals surface area contributed by atoms with Crippen LogP contribution >= 0.6 is 11.6 Å². The third kappa shape index (κ3) is 4.49. The highest BCUT2D eigenvalue weighted by Gasteiger charge is 2.24. The number of phenols is 1. The van der Waals surface area contributed by atoms with Crippen LogP contribution in [0.4, 0.5) is 5.69 Å². The second-order valence-corrected chi connectivity index (χ2v) is 9.45. The molecule has 184 valence electrons. The van der Waals surface area contributed by atoms with Crippen molar-refractivity contribution in [3.05, 3.63) is 76.2 Å². The van der Waals surface area contributed by atoms with Crippen LogP contribution in [-0.4, -0.2) is 35.3 Å². The summed E-state index contributed by atoms with van der Waals surface area (Å²) >= 11 is 6.08. The van der Waals surface area contributed by atoms with Gasteiger partial charge in [0.1, 0.15) is 5.75 Å². The van der Waals surface area contributed by atoms with Gasteiger partial charge in [-0.2, -0.15) is 5.10 Å². The lowest BCUT2D eigenvalue weighted by atomic mass is 9.97. The molecule has 5 rings (SSSR count). The summed E-state index contributed by atoms with van der Waals surface area (Å²) in [5.74, 6) is -0.295. The van der Waals surface area contributed by atoms with Crippen molar-refractivity contribution >= 4 is 23.2 Å². The zero-order chi connectivity index (χ0) is 25.4. The first kappa shape index (κ1) is 23.7. The van der Waals surface area contributed by atoms with Crippen LogP contribution < -0.4 is 10.9 Å². The van der Waals surface area contributed by atoms with Crippen LogP contribution in [0.5, 0.6) is 5.75 Å². The number of amides is 1. The molecule has 10 heteroatoms. The summed E-state index contributed by atoms with van der Waals surface area (Å²) in [4.78, 5) is 35.2. The maximum Gasteiger partial charge on any atom is 0.254 e. The number of nitrogens with one attached hydrogen (secondary N) is 1. The van der Waals surface area contributed by atoms with Gasteiger partial charge in [-0.15, -0.1) is 0 Å². The molecule has 2 unspecified atom stereocenters. The number of benzene rings is 1. The topological polar surface area (TPSA) is 115 Å². The Bertz CT molecular complexity index is 1510. The first-order chi connectivity index (χ1) is 17.3. The largest absolute Gasteiger partial charge is 0.507 e. The summed E-state index contributed by atoms with van der Waals surface area (Å²) in [6.07, 6.45) is 6.76. The predicted molar refractivity (Wildman–Crippen MR) is 137 cm³/mol. The van der Waals surface area contributed by atoms with Crippen molar-refractivity contribution in [3.8, 4) is 28.3 Å². The third-order valence-electron chi connectivity index (χ3n) is 6.56. The van der Waals surface area contributed by atoms with Gasteiger partial charge in [-0.05, 0) is 43.2 Å². The first-order valence-corrected chi connectivity index (χ1v) is 12.1. The fourth-order valence-electron chi connectivity index (χ4n) is 4.59. The highest BCUT2D eigenvalue weighted by molar-refractivity contribution is 6.30. The van der Waals surface area contributed by atoms with E-state index in [-0.39, 0.29) is 23.1 Å². The van der Waals surface area contributed by atoms with Gasteiger partial charge >= 0.3 is 0 Å². The summed E-state index contributed by atoms with van der Waals surface area (Å²) in [5.41, 5.74) is 3.36. The lowest BCUT2D eigenvalue weighted by molar-refractivity contribution is -0.119. The summed E-state index contributed by atoms with van der Waals surface area (Å²) < 4.78 is 3.26. The summed E-state index contributed by atoms with van der Waals surface area (Å²) in [5, 5.41) is 18.0. The fourth-order valence-corrected chi connectivity index (χ4v) is 4.76. The maximum absolute atomic E-state index is 13.3. The number of hydrogen-bond donors (Lipinski definition) is 2. The van der Waals surface area contributed by atoms with Crippen LogP contribution in [0.15, 0.2) is 59.9 Å². The molecule has 0 saturated carbocycles. The first-order valence-electron chi connectivity index (χ1n) is 11.7. The molecule has 0 spiro atoms. The Hall–Kier alpha value is -3.98. The molecule has 1 aliphatic heterocycles. The van der Waals surface area contributed by atoms with Gasteiger partial charge in [0.2, 0.25) is 5.91 Å². The number of hydrogen-bond acceptors (Lipinski definition) is 6. The Morgan fingerprint density at radius 3 is 2.75 bits per heavy atom. The minimum Gasteiger partial charge on any atom is -0.507 e. The van der Waals surface area contributed by atoms with E-state index in [1.165, 1.54) is 18.5 Å². The molecule has 9 nitrogen and oxygen atoms in total. The number of phenolic OH excluding ortho intramolecular Hbond substituents is 1. The van der Waals surface area contributed by atoms with Crippen molar-refractivity contribution in [1.82, 2.24) is 24.3 Å².